The number of methoxy groups -OCH3 is 1. The molecule has 2 amide bonds. The van der Waals surface area contributed by atoms with Crippen LogP contribution in [0.25, 0.3) is 21.5 Å². The summed E-state index contributed by atoms with van der Waals surface area (Å²) >= 11 is 7.55. The van der Waals surface area contributed by atoms with Crippen LogP contribution in [0.2, 0.25) is 0 Å². The summed E-state index contributed by atoms with van der Waals surface area (Å²) in [7, 11) is 1.64. The summed E-state index contributed by atoms with van der Waals surface area (Å²) in [5.74, 6) is 0.810. The molecule has 0 aliphatic carbocycles. The molecule has 7 rings (SSSR count). The summed E-state index contributed by atoms with van der Waals surface area (Å²) in [5.41, 5.74) is 3.62. The molecule has 2 aliphatic heterocycles. The molecule has 1 unspecified atom stereocenters. The molecule has 200 valence electrons. The number of rotatable bonds is 4. The monoisotopic (exact) mass is 568 g/mol. The van der Waals surface area contributed by atoms with Crippen LogP contribution in [-0.2, 0) is 6.42 Å². The van der Waals surface area contributed by atoms with Gasteiger partial charge in [0.05, 0.1) is 28.2 Å². The minimum Gasteiger partial charge on any atom is -0.507 e. The minimum absolute atomic E-state index is 0.0573. The molecule has 5 aromatic rings. The second-order valence-electron chi connectivity index (χ2n) is 10.1. The topological polar surface area (TPSA) is 70.1 Å². The average Bonchev–Trinajstić information content (AvgIpc) is 3.73. The highest BCUT2D eigenvalue weighted by Crippen LogP contribution is 2.46. The molecule has 4 aromatic carbocycles. The molecule has 2 aliphatic rings. The van der Waals surface area contributed by atoms with E-state index in [1.165, 1.54) is 11.3 Å². The summed E-state index contributed by atoms with van der Waals surface area (Å²) in [6.07, 6.45) is 0.755. The van der Waals surface area contributed by atoms with Crippen molar-refractivity contribution in [2.45, 2.75) is 12.3 Å². The fourth-order valence-corrected chi connectivity index (χ4v) is 7.35. The Bertz CT molecular complexity index is 1850. The van der Waals surface area contributed by atoms with Crippen molar-refractivity contribution in [3.05, 3.63) is 93.7 Å². The number of fused-ring (bicyclic) bond motifs is 6. The van der Waals surface area contributed by atoms with Crippen molar-refractivity contribution < 1.29 is 19.4 Å². The van der Waals surface area contributed by atoms with Gasteiger partial charge in [-0.15, -0.1) is 22.9 Å². The van der Waals surface area contributed by atoms with Gasteiger partial charge in [0.25, 0.3) is 11.8 Å². The number of ether oxygens (including phenoxy) is 1. The molecule has 40 heavy (non-hydrogen) atoms. The molecule has 0 bridgehead atoms. The SMILES string of the molecule is COc1cc2c(c3ccccc13)CCN2C(=O)c1ccc(C(=O)N2CC(CCl)c3c2cc(O)c2ccccc32)s1. The van der Waals surface area contributed by atoms with Gasteiger partial charge in [0.15, 0.2) is 0 Å². The van der Waals surface area contributed by atoms with E-state index in [0.717, 1.165) is 50.5 Å². The van der Waals surface area contributed by atoms with E-state index in [4.69, 9.17) is 16.3 Å². The first-order chi connectivity index (χ1) is 19.5. The highest BCUT2D eigenvalue weighted by Gasteiger charge is 2.36. The van der Waals surface area contributed by atoms with E-state index >= 15 is 0 Å². The number of benzene rings is 4. The molecule has 3 heterocycles. The molecular formula is C32H25ClN2O4S. The van der Waals surface area contributed by atoms with Crippen LogP contribution in [0.1, 0.15) is 36.4 Å². The lowest BCUT2D eigenvalue weighted by Gasteiger charge is -2.19. The molecule has 1 N–H and O–H groups in total. The molecule has 0 spiro atoms. The van der Waals surface area contributed by atoms with Crippen molar-refractivity contribution in [2.75, 3.05) is 35.9 Å². The maximum atomic E-state index is 13.8. The van der Waals surface area contributed by atoms with E-state index in [9.17, 15) is 14.7 Å². The molecule has 0 fully saturated rings. The number of thiophene rings is 1. The Labute approximate surface area is 240 Å². The number of nitrogens with zero attached hydrogens (tertiary/aromatic N) is 2. The van der Waals surface area contributed by atoms with Crippen LogP contribution in [-0.4, -0.2) is 43.0 Å². The summed E-state index contributed by atoms with van der Waals surface area (Å²) in [6.45, 7) is 0.981. The third kappa shape index (κ3) is 3.68. The van der Waals surface area contributed by atoms with Crippen molar-refractivity contribution in [3.63, 3.8) is 0 Å². The van der Waals surface area contributed by atoms with E-state index in [1.807, 2.05) is 48.5 Å². The lowest BCUT2D eigenvalue weighted by atomic mass is 9.95. The predicted octanol–water partition coefficient (Wildman–Crippen LogP) is 6.95. The van der Waals surface area contributed by atoms with Gasteiger partial charge in [-0.3, -0.25) is 9.59 Å². The zero-order valence-electron chi connectivity index (χ0n) is 21.7. The van der Waals surface area contributed by atoms with Crippen LogP contribution >= 0.6 is 22.9 Å². The van der Waals surface area contributed by atoms with Gasteiger partial charge in [-0.05, 0) is 40.5 Å². The number of hydrogen-bond acceptors (Lipinski definition) is 5. The van der Waals surface area contributed by atoms with Gasteiger partial charge in [-0.25, -0.2) is 0 Å². The van der Waals surface area contributed by atoms with Crippen LogP contribution in [0.15, 0.2) is 72.8 Å². The maximum Gasteiger partial charge on any atom is 0.268 e. The maximum absolute atomic E-state index is 13.8. The number of hydrogen-bond donors (Lipinski definition) is 1. The first kappa shape index (κ1) is 24.9. The molecule has 1 aromatic heterocycles. The van der Waals surface area contributed by atoms with Gasteiger partial charge >= 0.3 is 0 Å². The van der Waals surface area contributed by atoms with E-state index in [-0.39, 0.29) is 23.5 Å². The molecule has 0 radical (unpaired) electrons. The van der Waals surface area contributed by atoms with Crippen molar-refractivity contribution in [1.29, 1.82) is 0 Å². The molecular weight excluding hydrogens is 544 g/mol. The number of phenolic OH excluding ortho intramolecular Hbond substituents is 1. The Hall–Kier alpha value is -4.07. The van der Waals surface area contributed by atoms with E-state index in [1.54, 1.807) is 35.1 Å². The Kier molecular flexibility index (Phi) is 5.95. The number of carbonyl (C=O) groups is 2. The fraction of sp³-hybridized carbons (Fsp3) is 0.188. The fourth-order valence-electron chi connectivity index (χ4n) is 6.19. The molecule has 0 saturated heterocycles. The minimum atomic E-state index is -0.206. The van der Waals surface area contributed by atoms with Crippen LogP contribution in [0.3, 0.4) is 0 Å². The van der Waals surface area contributed by atoms with Gasteiger partial charge in [0, 0.05) is 47.8 Å². The van der Waals surface area contributed by atoms with Gasteiger partial charge in [-0.2, -0.15) is 0 Å². The molecule has 6 nitrogen and oxygen atoms in total. The quantitative estimate of drug-likeness (QED) is 0.238. The zero-order chi connectivity index (χ0) is 27.5. The number of anilines is 2. The Morgan fingerprint density at radius 2 is 1.55 bits per heavy atom. The van der Waals surface area contributed by atoms with Crippen molar-refractivity contribution in [2.24, 2.45) is 0 Å². The number of amides is 2. The number of alkyl halides is 1. The Balaban J connectivity index is 1.21. The highest BCUT2D eigenvalue weighted by molar-refractivity contribution is 7.16. The Morgan fingerprint density at radius 1 is 0.900 bits per heavy atom. The molecule has 0 saturated carbocycles. The van der Waals surface area contributed by atoms with E-state index in [2.05, 4.69) is 6.07 Å². The standard InChI is InChI=1S/C32H25ClN2O4S/c1-39-27-15-24-20(19-6-2-4-8-22(19)27)12-13-34(24)31(37)28-10-11-29(40-28)32(38)35-17-18(16-33)30-23-9-5-3-7-21(23)26(36)14-25(30)35/h2-11,14-15,18,36H,12-13,16-17H2,1H3. The van der Waals surface area contributed by atoms with Crippen LogP contribution in [0, 0.1) is 0 Å². The lowest BCUT2D eigenvalue weighted by Crippen LogP contribution is -2.29. The van der Waals surface area contributed by atoms with Crippen molar-refractivity contribution in [1.82, 2.24) is 0 Å². The number of carbonyl (C=O) groups excluding carboxylic acids is 2. The first-order valence-electron chi connectivity index (χ1n) is 13.1. The van der Waals surface area contributed by atoms with E-state index < -0.39 is 0 Å². The van der Waals surface area contributed by atoms with Crippen molar-refractivity contribution in [3.8, 4) is 11.5 Å². The van der Waals surface area contributed by atoms with Crippen LogP contribution in [0.4, 0.5) is 11.4 Å². The first-order valence-corrected chi connectivity index (χ1v) is 14.5. The smallest absolute Gasteiger partial charge is 0.268 e. The average molecular weight is 569 g/mol. The zero-order valence-corrected chi connectivity index (χ0v) is 23.3. The van der Waals surface area contributed by atoms with E-state index in [0.29, 0.717) is 34.4 Å². The normalized spacial score (nSPS) is 16.0. The molecule has 8 heteroatoms. The largest absolute Gasteiger partial charge is 0.507 e. The Morgan fingerprint density at radius 3 is 2.25 bits per heavy atom. The second-order valence-corrected chi connectivity index (χ2v) is 11.5. The lowest BCUT2D eigenvalue weighted by molar-refractivity contribution is 0.0986. The van der Waals surface area contributed by atoms with Gasteiger partial charge in [-0.1, -0.05) is 48.5 Å². The number of phenols is 1. The van der Waals surface area contributed by atoms with Gasteiger partial charge < -0.3 is 19.6 Å². The van der Waals surface area contributed by atoms with Gasteiger partial charge in [0.2, 0.25) is 0 Å². The van der Waals surface area contributed by atoms with Crippen LogP contribution in [0.5, 0.6) is 11.5 Å². The third-order valence-electron chi connectivity index (χ3n) is 8.04. The predicted molar refractivity (Wildman–Crippen MR) is 161 cm³/mol. The van der Waals surface area contributed by atoms with Crippen LogP contribution < -0.4 is 14.5 Å². The highest BCUT2D eigenvalue weighted by atomic mass is 35.5. The van der Waals surface area contributed by atoms with Gasteiger partial charge in [0.1, 0.15) is 11.5 Å². The molecule has 1 atom stereocenters. The summed E-state index contributed by atoms with van der Waals surface area (Å²) in [4.78, 5) is 31.9. The summed E-state index contributed by atoms with van der Waals surface area (Å²) < 4.78 is 5.65. The number of aromatic hydroxyl groups is 1. The second kappa shape index (κ2) is 9.54. The summed E-state index contributed by atoms with van der Waals surface area (Å²) in [5, 5.41) is 14.5. The number of halogens is 1. The third-order valence-corrected chi connectivity index (χ3v) is 9.47. The van der Waals surface area contributed by atoms with Crippen molar-refractivity contribution >= 4 is 67.7 Å². The summed E-state index contributed by atoms with van der Waals surface area (Å²) in [6, 6.07) is 22.7.